The highest BCUT2D eigenvalue weighted by atomic mass is 16.5. The van der Waals surface area contributed by atoms with E-state index in [0.717, 1.165) is 18.4 Å². The molecular weight excluding hydrogens is 320 g/mol. The summed E-state index contributed by atoms with van der Waals surface area (Å²) in [5, 5.41) is 2.43. The molecule has 2 nitrogen and oxygen atoms in total. The molecule has 0 amide bonds. The maximum absolute atomic E-state index is 11.9. The van der Waals surface area contributed by atoms with Gasteiger partial charge >= 0.3 is 0 Å². The van der Waals surface area contributed by atoms with Gasteiger partial charge < -0.3 is 4.74 Å². The molecule has 0 spiro atoms. The average molecular weight is 355 g/mol. The van der Waals surface area contributed by atoms with Crippen molar-refractivity contribution in [2.75, 3.05) is 0 Å². The first-order chi connectivity index (χ1) is 12.7. The lowest BCUT2D eigenvalue weighted by Gasteiger charge is -2.16. The third kappa shape index (κ3) is 6.92. The summed E-state index contributed by atoms with van der Waals surface area (Å²) in [7, 11) is 0. The number of ether oxygens (including phenoxy) is 1. The highest BCUT2D eigenvalue weighted by Crippen LogP contribution is 2.20. The highest BCUT2D eigenvalue weighted by molar-refractivity contribution is 5.85. The second-order valence-corrected chi connectivity index (χ2v) is 7.31. The van der Waals surface area contributed by atoms with Gasteiger partial charge in [-0.3, -0.25) is 4.79 Å². The largest absolute Gasteiger partial charge is 0.366 e. The molecule has 0 fully saturated rings. The molecule has 1 atom stereocenters. The van der Waals surface area contributed by atoms with E-state index >= 15 is 0 Å². The number of fused-ring (bicyclic) bond motifs is 1. The summed E-state index contributed by atoms with van der Waals surface area (Å²) in [5.41, 5.74) is 1.16. The van der Waals surface area contributed by atoms with Crippen LogP contribution in [0.15, 0.2) is 42.5 Å². The van der Waals surface area contributed by atoms with E-state index in [9.17, 15) is 4.79 Å². The Morgan fingerprint density at radius 1 is 0.885 bits per heavy atom. The Balaban J connectivity index is 1.75. The van der Waals surface area contributed by atoms with Crippen molar-refractivity contribution in [1.82, 2.24) is 0 Å². The van der Waals surface area contributed by atoms with Gasteiger partial charge in [0.05, 0.1) is 6.61 Å². The summed E-state index contributed by atoms with van der Waals surface area (Å²) in [4.78, 5) is 11.9. The molecule has 2 rings (SSSR count). The van der Waals surface area contributed by atoms with E-state index in [1.807, 2.05) is 6.07 Å². The monoisotopic (exact) mass is 354 g/mol. The Kier molecular flexibility index (Phi) is 9.41. The minimum absolute atomic E-state index is 0.146. The lowest BCUT2D eigenvalue weighted by Crippen LogP contribution is -2.21. The minimum Gasteiger partial charge on any atom is -0.366 e. The first kappa shape index (κ1) is 20.6. The van der Waals surface area contributed by atoms with E-state index in [0.29, 0.717) is 6.61 Å². The van der Waals surface area contributed by atoms with Crippen LogP contribution in [0.3, 0.4) is 0 Å². The molecule has 0 saturated carbocycles. The fraction of sp³-hybridized carbons (Fsp3) is 0.542. The van der Waals surface area contributed by atoms with Gasteiger partial charge in [0.1, 0.15) is 6.10 Å². The molecular formula is C24H34O2. The van der Waals surface area contributed by atoms with E-state index in [-0.39, 0.29) is 11.9 Å². The standard InChI is InChI=1S/C24H34O2/c1-3-4-5-6-7-8-9-10-18-24(20(2)25)26-19-22-16-13-15-21-14-11-12-17-23(21)22/h11-17,24H,3-10,18-19H2,1-2H3/t24-/m1/s1. The van der Waals surface area contributed by atoms with Crippen molar-refractivity contribution in [3.63, 3.8) is 0 Å². The summed E-state index contributed by atoms with van der Waals surface area (Å²) in [6.45, 7) is 4.40. The second-order valence-electron chi connectivity index (χ2n) is 7.31. The zero-order chi connectivity index (χ0) is 18.6. The molecule has 2 aromatic carbocycles. The molecule has 0 saturated heterocycles. The third-order valence-corrected chi connectivity index (χ3v) is 5.09. The number of rotatable bonds is 13. The molecule has 0 N–H and O–H groups in total. The molecule has 2 heteroatoms. The fourth-order valence-corrected chi connectivity index (χ4v) is 3.48. The van der Waals surface area contributed by atoms with Crippen molar-refractivity contribution >= 4 is 16.6 Å². The predicted octanol–water partition coefficient (Wildman–Crippen LogP) is 6.84. The molecule has 0 aliphatic carbocycles. The van der Waals surface area contributed by atoms with Crippen LogP contribution >= 0.6 is 0 Å². The van der Waals surface area contributed by atoms with Gasteiger partial charge in [-0.2, -0.15) is 0 Å². The van der Waals surface area contributed by atoms with Crippen LogP contribution in [0.5, 0.6) is 0 Å². The Hall–Kier alpha value is -1.67. The predicted molar refractivity (Wildman–Crippen MR) is 110 cm³/mol. The van der Waals surface area contributed by atoms with Crippen molar-refractivity contribution in [1.29, 1.82) is 0 Å². The van der Waals surface area contributed by atoms with Gasteiger partial charge in [0.25, 0.3) is 0 Å². The Bertz CT molecular complexity index is 657. The van der Waals surface area contributed by atoms with Crippen LogP contribution in [0.4, 0.5) is 0 Å². The van der Waals surface area contributed by atoms with Crippen molar-refractivity contribution in [3.8, 4) is 0 Å². The normalized spacial score (nSPS) is 12.4. The maximum Gasteiger partial charge on any atom is 0.158 e. The van der Waals surface area contributed by atoms with E-state index < -0.39 is 0 Å². The summed E-state index contributed by atoms with van der Waals surface area (Å²) >= 11 is 0. The van der Waals surface area contributed by atoms with Gasteiger partial charge in [0.15, 0.2) is 5.78 Å². The summed E-state index contributed by atoms with van der Waals surface area (Å²) in [6, 6.07) is 14.6. The van der Waals surface area contributed by atoms with Crippen LogP contribution in [0, 0.1) is 0 Å². The van der Waals surface area contributed by atoms with Gasteiger partial charge in [-0.05, 0) is 29.7 Å². The summed E-state index contributed by atoms with van der Waals surface area (Å²) in [6.07, 6.45) is 10.8. The number of unbranched alkanes of at least 4 members (excludes halogenated alkanes) is 7. The van der Waals surface area contributed by atoms with E-state index in [1.54, 1.807) is 6.92 Å². The van der Waals surface area contributed by atoms with Gasteiger partial charge in [-0.1, -0.05) is 101 Å². The van der Waals surface area contributed by atoms with Crippen LogP contribution in [-0.2, 0) is 16.1 Å². The number of carbonyl (C=O) groups is 1. The molecule has 0 aromatic heterocycles. The van der Waals surface area contributed by atoms with Crippen molar-refractivity contribution in [3.05, 3.63) is 48.0 Å². The SMILES string of the molecule is CCCCCCCCCC[C@@H](OCc1cccc2ccccc12)C(C)=O. The molecule has 2 aromatic rings. The van der Waals surface area contributed by atoms with Crippen LogP contribution in [0.2, 0.25) is 0 Å². The van der Waals surface area contributed by atoms with Crippen LogP contribution in [0.25, 0.3) is 10.8 Å². The van der Waals surface area contributed by atoms with Gasteiger partial charge in [0.2, 0.25) is 0 Å². The number of hydrogen-bond donors (Lipinski definition) is 0. The molecule has 0 unspecified atom stereocenters. The van der Waals surface area contributed by atoms with Crippen LogP contribution in [-0.4, -0.2) is 11.9 Å². The number of hydrogen-bond acceptors (Lipinski definition) is 2. The average Bonchev–Trinajstić information content (AvgIpc) is 2.66. The quantitative estimate of drug-likeness (QED) is 0.368. The third-order valence-electron chi connectivity index (χ3n) is 5.09. The minimum atomic E-state index is -0.269. The van der Waals surface area contributed by atoms with Crippen LogP contribution < -0.4 is 0 Å². The van der Waals surface area contributed by atoms with Crippen molar-refractivity contribution < 1.29 is 9.53 Å². The zero-order valence-corrected chi connectivity index (χ0v) is 16.5. The first-order valence-corrected chi connectivity index (χ1v) is 10.3. The molecule has 0 aliphatic heterocycles. The van der Waals surface area contributed by atoms with E-state index in [4.69, 9.17) is 4.74 Å². The lowest BCUT2D eigenvalue weighted by molar-refractivity contribution is -0.129. The van der Waals surface area contributed by atoms with Gasteiger partial charge in [0, 0.05) is 0 Å². The smallest absolute Gasteiger partial charge is 0.158 e. The molecule has 0 bridgehead atoms. The molecule has 0 radical (unpaired) electrons. The second kappa shape index (κ2) is 11.9. The number of Topliss-reactive ketones (excluding diaryl/α,β-unsaturated/α-hetero) is 1. The van der Waals surface area contributed by atoms with E-state index in [2.05, 4.69) is 43.3 Å². The van der Waals surface area contributed by atoms with Gasteiger partial charge in [-0.15, -0.1) is 0 Å². The maximum atomic E-state index is 11.9. The Labute approximate surface area is 158 Å². The first-order valence-electron chi connectivity index (χ1n) is 10.3. The van der Waals surface area contributed by atoms with Crippen molar-refractivity contribution in [2.24, 2.45) is 0 Å². The molecule has 26 heavy (non-hydrogen) atoms. The number of carbonyl (C=O) groups excluding carboxylic acids is 1. The topological polar surface area (TPSA) is 26.3 Å². The fourth-order valence-electron chi connectivity index (χ4n) is 3.48. The zero-order valence-electron chi connectivity index (χ0n) is 16.5. The van der Waals surface area contributed by atoms with E-state index in [1.165, 1.54) is 55.7 Å². The number of benzene rings is 2. The van der Waals surface area contributed by atoms with Crippen molar-refractivity contribution in [2.45, 2.75) is 84.3 Å². The highest BCUT2D eigenvalue weighted by Gasteiger charge is 2.15. The molecule has 0 aliphatic rings. The Morgan fingerprint density at radius 2 is 1.54 bits per heavy atom. The molecule has 0 heterocycles. The lowest BCUT2D eigenvalue weighted by atomic mass is 10.0. The summed E-state index contributed by atoms with van der Waals surface area (Å²) < 4.78 is 6.01. The number of ketones is 1. The van der Waals surface area contributed by atoms with Gasteiger partial charge in [-0.25, -0.2) is 0 Å². The van der Waals surface area contributed by atoms with Crippen LogP contribution in [0.1, 0.15) is 77.2 Å². The Morgan fingerprint density at radius 3 is 2.27 bits per heavy atom. The summed E-state index contributed by atoms with van der Waals surface area (Å²) in [5.74, 6) is 0.146. The molecule has 142 valence electrons.